The van der Waals surface area contributed by atoms with Crippen molar-refractivity contribution < 1.29 is 23.8 Å². The summed E-state index contributed by atoms with van der Waals surface area (Å²) in [7, 11) is 1.53. The minimum Gasteiger partial charge on any atom is -0.497 e. The van der Waals surface area contributed by atoms with Crippen molar-refractivity contribution in [3.05, 3.63) is 53.0 Å². The molecule has 0 aliphatic rings. The van der Waals surface area contributed by atoms with Crippen molar-refractivity contribution in [2.45, 2.75) is 39.2 Å². The van der Waals surface area contributed by atoms with Gasteiger partial charge in [-0.2, -0.15) is 0 Å². The molecule has 0 aliphatic heterocycles. The van der Waals surface area contributed by atoms with Crippen LogP contribution >= 0.6 is 0 Å². The second-order valence-electron chi connectivity index (χ2n) is 6.16. The molecule has 1 unspecified atom stereocenters. The van der Waals surface area contributed by atoms with Gasteiger partial charge in [-0.15, -0.1) is 0 Å². The summed E-state index contributed by atoms with van der Waals surface area (Å²) in [6.07, 6.45) is 0.410. The van der Waals surface area contributed by atoms with Crippen molar-refractivity contribution in [3.63, 3.8) is 0 Å². The summed E-state index contributed by atoms with van der Waals surface area (Å²) in [4.78, 5) is 24.0. The number of carbonyl (C=O) groups is 2. The van der Waals surface area contributed by atoms with Crippen molar-refractivity contribution in [1.82, 2.24) is 5.32 Å². The number of carboxylic acid groups (broad SMARTS) is 1. The minimum atomic E-state index is -1.11. The summed E-state index contributed by atoms with van der Waals surface area (Å²) < 4.78 is 10.8. The molecule has 2 rings (SSSR count). The van der Waals surface area contributed by atoms with Crippen molar-refractivity contribution in [3.8, 4) is 5.75 Å². The Hall–Kier alpha value is -2.76. The number of aliphatic carboxylic acids is 1. The first-order valence-corrected chi connectivity index (χ1v) is 8.07. The molecule has 6 heteroatoms. The van der Waals surface area contributed by atoms with E-state index in [0.717, 1.165) is 11.3 Å². The van der Waals surface area contributed by atoms with Crippen molar-refractivity contribution in [2.24, 2.45) is 0 Å². The second kappa shape index (κ2) is 7.42. The number of methoxy groups -OCH3 is 1. The van der Waals surface area contributed by atoms with Crippen LogP contribution < -0.4 is 10.1 Å². The average molecular weight is 345 g/mol. The van der Waals surface area contributed by atoms with Crippen LogP contribution in [0.5, 0.6) is 5.75 Å². The van der Waals surface area contributed by atoms with E-state index in [0.29, 0.717) is 17.7 Å². The zero-order valence-corrected chi connectivity index (χ0v) is 14.9. The van der Waals surface area contributed by atoms with Gasteiger partial charge < -0.3 is 19.6 Å². The number of furan rings is 1. The van der Waals surface area contributed by atoms with Crippen LogP contribution in [0.4, 0.5) is 0 Å². The Balaban J connectivity index is 2.35. The van der Waals surface area contributed by atoms with Gasteiger partial charge in [-0.25, -0.2) is 0 Å². The average Bonchev–Trinajstić information content (AvgIpc) is 2.95. The summed E-state index contributed by atoms with van der Waals surface area (Å²) >= 11 is 0. The van der Waals surface area contributed by atoms with Gasteiger partial charge in [0.25, 0.3) is 5.91 Å². The maximum atomic E-state index is 12.6. The zero-order chi connectivity index (χ0) is 18.6. The lowest BCUT2D eigenvalue weighted by Crippen LogP contribution is -2.45. The smallest absolute Gasteiger partial charge is 0.306 e. The summed E-state index contributed by atoms with van der Waals surface area (Å²) in [5.41, 5.74) is 0.431. The highest BCUT2D eigenvalue weighted by Crippen LogP contribution is 2.28. The van der Waals surface area contributed by atoms with Crippen LogP contribution in [0.15, 0.2) is 34.7 Å². The summed E-state index contributed by atoms with van der Waals surface area (Å²) in [6, 6.07) is 8.66. The lowest BCUT2D eigenvalue weighted by molar-refractivity contribution is -0.138. The van der Waals surface area contributed by atoms with Gasteiger partial charge >= 0.3 is 5.97 Å². The molecule has 0 bridgehead atoms. The molecular weight excluding hydrogens is 322 g/mol. The molecule has 1 aromatic heterocycles. The fraction of sp³-hybridized carbons (Fsp3) is 0.368. The van der Waals surface area contributed by atoms with Crippen LogP contribution in [-0.2, 0) is 16.8 Å². The molecule has 25 heavy (non-hydrogen) atoms. The molecular formula is C19H23NO5. The third-order valence-electron chi connectivity index (χ3n) is 4.17. The number of nitrogens with one attached hydrogen (secondary N) is 1. The SMILES string of the molecule is CCc1oc(C(=O)NC(C)(CC(=O)O)c2cccc(OC)c2)cc1C. The predicted octanol–water partition coefficient (Wildman–Crippen LogP) is 3.28. The lowest BCUT2D eigenvalue weighted by Gasteiger charge is -2.30. The molecule has 134 valence electrons. The normalized spacial score (nSPS) is 13.1. The number of hydrogen-bond acceptors (Lipinski definition) is 4. The minimum absolute atomic E-state index is 0.175. The van der Waals surface area contributed by atoms with E-state index in [9.17, 15) is 14.7 Å². The summed E-state index contributed by atoms with van der Waals surface area (Å²) in [6.45, 7) is 5.49. The first-order valence-electron chi connectivity index (χ1n) is 8.07. The standard InChI is InChI=1S/C19H23NO5/c1-5-15-12(2)9-16(25-15)18(23)20-19(3,11-17(21)22)13-7-6-8-14(10-13)24-4/h6-10H,5,11H2,1-4H3,(H,20,23)(H,21,22). The number of rotatable bonds is 7. The Morgan fingerprint density at radius 3 is 2.60 bits per heavy atom. The van der Waals surface area contributed by atoms with Gasteiger partial charge in [0.05, 0.1) is 19.1 Å². The first-order chi connectivity index (χ1) is 11.8. The van der Waals surface area contributed by atoms with E-state index in [4.69, 9.17) is 9.15 Å². The van der Waals surface area contributed by atoms with E-state index in [1.165, 1.54) is 7.11 Å². The van der Waals surface area contributed by atoms with Crippen LogP contribution in [0, 0.1) is 6.92 Å². The molecule has 1 heterocycles. The molecule has 6 nitrogen and oxygen atoms in total. The summed E-state index contributed by atoms with van der Waals surface area (Å²) in [5.74, 6) is 0.0377. The van der Waals surface area contributed by atoms with Gasteiger partial charge in [0.2, 0.25) is 0 Å². The van der Waals surface area contributed by atoms with E-state index >= 15 is 0 Å². The van der Waals surface area contributed by atoms with Gasteiger partial charge in [0.15, 0.2) is 5.76 Å². The number of hydrogen-bond donors (Lipinski definition) is 2. The fourth-order valence-corrected chi connectivity index (χ4v) is 2.78. The zero-order valence-electron chi connectivity index (χ0n) is 14.9. The molecule has 0 spiro atoms. The highest BCUT2D eigenvalue weighted by molar-refractivity contribution is 5.92. The van der Waals surface area contributed by atoms with Crippen LogP contribution in [0.1, 0.15) is 47.7 Å². The van der Waals surface area contributed by atoms with Crippen LogP contribution in [0.25, 0.3) is 0 Å². The number of benzene rings is 1. The molecule has 0 radical (unpaired) electrons. The molecule has 0 fully saturated rings. The predicted molar refractivity (Wildman–Crippen MR) is 92.9 cm³/mol. The Labute approximate surface area is 146 Å². The third-order valence-corrected chi connectivity index (χ3v) is 4.17. The van der Waals surface area contributed by atoms with Crippen LogP contribution in [0.3, 0.4) is 0 Å². The molecule has 0 saturated carbocycles. The Kier molecular flexibility index (Phi) is 5.51. The van der Waals surface area contributed by atoms with E-state index in [2.05, 4.69) is 5.32 Å². The highest BCUT2D eigenvalue weighted by atomic mass is 16.5. The largest absolute Gasteiger partial charge is 0.497 e. The van der Waals surface area contributed by atoms with E-state index in [-0.39, 0.29) is 12.2 Å². The number of amides is 1. The van der Waals surface area contributed by atoms with Crippen molar-refractivity contribution >= 4 is 11.9 Å². The summed E-state index contributed by atoms with van der Waals surface area (Å²) in [5, 5.41) is 12.1. The molecule has 2 N–H and O–H groups in total. The number of aryl methyl sites for hydroxylation is 2. The molecule has 2 aromatic rings. The van der Waals surface area contributed by atoms with E-state index < -0.39 is 17.4 Å². The van der Waals surface area contributed by atoms with Crippen molar-refractivity contribution in [2.75, 3.05) is 7.11 Å². The maximum Gasteiger partial charge on any atom is 0.306 e. The Bertz CT molecular complexity index is 780. The molecule has 1 atom stereocenters. The van der Waals surface area contributed by atoms with Crippen molar-refractivity contribution in [1.29, 1.82) is 0 Å². The number of carbonyl (C=O) groups excluding carboxylic acids is 1. The number of ether oxygens (including phenoxy) is 1. The van der Waals surface area contributed by atoms with Crippen LogP contribution in [-0.4, -0.2) is 24.1 Å². The van der Waals surface area contributed by atoms with Gasteiger partial charge in [0.1, 0.15) is 11.5 Å². The van der Waals surface area contributed by atoms with Gasteiger partial charge in [0, 0.05) is 6.42 Å². The second-order valence-corrected chi connectivity index (χ2v) is 6.16. The topological polar surface area (TPSA) is 88.8 Å². The van der Waals surface area contributed by atoms with E-state index in [1.807, 2.05) is 13.8 Å². The fourth-order valence-electron chi connectivity index (χ4n) is 2.78. The lowest BCUT2D eigenvalue weighted by atomic mass is 9.88. The first kappa shape index (κ1) is 18.6. The Morgan fingerprint density at radius 2 is 2.04 bits per heavy atom. The molecule has 0 aliphatic carbocycles. The molecule has 0 saturated heterocycles. The maximum absolute atomic E-state index is 12.6. The Morgan fingerprint density at radius 1 is 1.32 bits per heavy atom. The van der Waals surface area contributed by atoms with Crippen LogP contribution in [0.2, 0.25) is 0 Å². The van der Waals surface area contributed by atoms with Gasteiger partial charge in [-0.1, -0.05) is 19.1 Å². The molecule has 1 amide bonds. The third kappa shape index (κ3) is 4.21. The van der Waals surface area contributed by atoms with Gasteiger partial charge in [-0.05, 0) is 43.2 Å². The quantitative estimate of drug-likeness (QED) is 0.804. The molecule has 1 aromatic carbocycles. The highest BCUT2D eigenvalue weighted by Gasteiger charge is 2.33. The van der Waals surface area contributed by atoms with E-state index in [1.54, 1.807) is 37.3 Å². The van der Waals surface area contributed by atoms with Gasteiger partial charge in [-0.3, -0.25) is 9.59 Å². The number of carboxylic acids is 1. The monoisotopic (exact) mass is 345 g/mol.